The first-order valence-corrected chi connectivity index (χ1v) is 7.40. The van der Waals surface area contributed by atoms with Crippen LogP contribution in [-0.2, 0) is 4.74 Å². The van der Waals surface area contributed by atoms with E-state index in [2.05, 4.69) is 47.9 Å². The van der Waals surface area contributed by atoms with E-state index in [1.54, 1.807) is 0 Å². The molecular weight excluding hydrogens is 252 g/mol. The van der Waals surface area contributed by atoms with E-state index in [0.29, 0.717) is 0 Å². The molecule has 1 aromatic heterocycles. The Bertz CT molecular complexity index is 473. The van der Waals surface area contributed by atoms with Gasteiger partial charge in [-0.05, 0) is 34.1 Å². The molecule has 1 fully saturated rings. The van der Waals surface area contributed by atoms with Gasteiger partial charge in [-0.15, -0.1) is 0 Å². The summed E-state index contributed by atoms with van der Waals surface area (Å²) in [6.07, 6.45) is 1.08. The van der Waals surface area contributed by atoms with Crippen LogP contribution in [0.4, 0.5) is 11.6 Å². The van der Waals surface area contributed by atoms with E-state index in [1.807, 2.05) is 6.92 Å². The Labute approximate surface area is 121 Å². The van der Waals surface area contributed by atoms with Crippen LogP contribution in [0.25, 0.3) is 0 Å². The van der Waals surface area contributed by atoms with Crippen LogP contribution >= 0.6 is 0 Å². The molecule has 20 heavy (non-hydrogen) atoms. The van der Waals surface area contributed by atoms with Gasteiger partial charge >= 0.3 is 0 Å². The topological polar surface area (TPSA) is 50.3 Å². The maximum absolute atomic E-state index is 5.60. The highest BCUT2D eigenvalue weighted by Crippen LogP contribution is 2.30. The number of hydrogen-bond donors (Lipinski definition) is 1. The molecule has 1 aliphatic rings. The van der Waals surface area contributed by atoms with E-state index in [4.69, 9.17) is 4.74 Å². The zero-order valence-corrected chi connectivity index (χ0v) is 13.3. The Morgan fingerprint density at radius 1 is 1.30 bits per heavy atom. The second-order valence-corrected chi connectivity index (χ2v) is 6.01. The molecule has 1 aliphatic heterocycles. The van der Waals surface area contributed by atoms with Gasteiger partial charge in [0.25, 0.3) is 0 Å². The number of aryl methyl sites for hydroxylation is 1. The summed E-state index contributed by atoms with van der Waals surface area (Å²) in [6, 6.07) is 0. The van der Waals surface area contributed by atoms with Crippen LogP contribution in [0.2, 0.25) is 0 Å². The maximum Gasteiger partial charge on any atom is 0.137 e. The first-order chi connectivity index (χ1) is 9.45. The molecule has 0 bridgehead atoms. The van der Waals surface area contributed by atoms with E-state index in [-0.39, 0.29) is 5.54 Å². The van der Waals surface area contributed by atoms with Crippen LogP contribution in [0.5, 0.6) is 0 Å². The van der Waals surface area contributed by atoms with Gasteiger partial charge in [-0.2, -0.15) is 0 Å². The SMILES string of the molecule is CCCNc1nc(C)nc(N2CCOCC2(C)C)c1C. The van der Waals surface area contributed by atoms with Gasteiger partial charge in [-0.3, -0.25) is 0 Å². The molecular formula is C15H26N4O. The van der Waals surface area contributed by atoms with Crippen LogP contribution in [0, 0.1) is 13.8 Å². The van der Waals surface area contributed by atoms with Crippen LogP contribution in [0.15, 0.2) is 0 Å². The van der Waals surface area contributed by atoms with Gasteiger partial charge in [0.15, 0.2) is 0 Å². The summed E-state index contributed by atoms with van der Waals surface area (Å²) in [5, 5.41) is 3.40. The van der Waals surface area contributed by atoms with Crippen LogP contribution in [0.1, 0.15) is 38.6 Å². The molecule has 1 aromatic rings. The Morgan fingerprint density at radius 2 is 2.05 bits per heavy atom. The Hall–Kier alpha value is -1.36. The van der Waals surface area contributed by atoms with E-state index in [1.165, 1.54) is 0 Å². The van der Waals surface area contributed by atoms with Crippen molar-refractivity contribution in [3.05, 3.63) is 11.4 Å². The standard InChI is InChI=1S/C15H26N4O/c1-6-7-16-13-11(2)14(18-12(3)17-13)19-8-9-20-10-15(19,4)5/h6-10H2,1-5H3,(H,16,17,18). The Morgan fingerprint density at radius 3 is 2.70 bits per heavy atom. The quantitative estimate of drug-likeness (QED) is 0.917. The lowest BCUT2D eigenvalue weighted by Gasteiger charge is -2.43. The number of anilines is 2. The molecule has 0 saturated carbocycles. The normalized spacial score (nSPS) is 18.1. The van der Waals surface area contributed by atoms with Crippen molar-refractivity contribution < 1.29 is 4.74 Å². The fourth-order valence-corrected chi connectivity index (χ4v) is 2.54. The van der Waals surface area contributed by atoms with Crippen molar-refractivity contribution in [2.75, 3.05) is 36.5 Å². The number of ether oxygens (including phenoxy) is 1. The van der Waals surface area contributed by atoms with Crippen molar-refractivity contribution in [1.82, 2.24) is 9.97 Å². The molecule has 0 unspecified atom stereocenters. The van der Waals surface area contributed by atoms with E-state index < -0.39 is 0 Å². The molecule has 5 heteroatoms. The molecule has 1 saturated heterocycles. The van der Waals surface area contributed by atoms with Crippen molar-refractivity contribution in [2.24, 2.45) is 0 Å². The number of nitrogens with zero attached hydrogens (tertiary/aromatic N) is 3. The molecule has 5 nitrogen and oxygen atoms in total. The van der Waals surface area contributed by atoms with Crippen molar-refractivity contribution in [3.63, 3.8) is 0 Å². The predicted molar refractivity (Wildman–Crippen MR) is 82.5 cm³/mol. The molecule has 0 atom stereocenters. The molecule has 2 heterocycles. The average Bonchev–Trinajstić information content (AvgIpc) is 2.39. The molecule has 2 rings (SSSR count). The minimum atomic E-state index is -0.0359. The molecule has 0 amide bonds. The van der Waals surface area contributed by atoms with Gasteiger partial charge in [0.2, 0.25) is 0 Å². The van der Waals surface area contributed by atoms with Crippen molar-refractivity contribution in [1.29, 1.82) is 0 Å². The average molecular weight is 278 g/mol. The molecule has 112 valence electrons. The fourth-order valence-electron chi connectivity index (χ4n) is 2.54. The number of morpholine rings is 1. The molecule has 0 aromatic carbocycles. The number of rotatable bonds is 4. The number of aromatic nitrogens is 2. The van der Waals surface area contributed by atoms with E-state index >= 15 is 0 Å². The third-order valence-electron chi connectivity index (χ3n) is 3.68. The lowest BCUT2D eigenvalue weighted by Crippen LogP contribution is -2.53. The highest BCUT2D eigenvalue weighted by atomic mass is 16.5. The summed E-state index contributed by atoms with van der Waals surface area (Å²) in [7, 11) is 0. The minimum Gasteiger partial charge on any atom is -0.377 e. The van der Waals surface area contributed by atoms with Gasteiger partial charge in [0, 0.05) is 18.7 Å². The van der Waals surface area contributed by atoms with Gasteiger partial charge in [0.1, 0.15) is 17.5 Å². The Balaban J connectivity index is 2.37. The van der Waals surface area contributed by atoms with Gasteiger partial charge in [0.05, 0.1) is 18.8 Å². The third kappa shape index (κ3) is 3.03. The monoisotopic (exact) mass is 278 g/mol. The summed E-state index contributed by atoms with van der Waals surface area (Å²) < 4.78 is 5.60. The first kappa shape index (κ1) is 15.0. The zero-order valence-electron chi connectivity index (χ0n) is 13.3. The van der Waals surface area contributed by atoms with Gasteiger partial charge in [-0.1, -0.05) is 6.92 Å². The summed E-state index contributed by atoms with van der Waals surface area (Å²) in [5.74, 6) is 2.80. The smallest absolute Gasteiger partial charge is 0.137 e. The summed E-state index contributed by atoms with van der Waals surface area (Å²) in [4.78, 5) is 11.6. The summed E-state index contributed by atoms with van der Waals surface area (Å²) in [5.41, 5.74) is 1.09. The predicted octanol–water partition coefficient (Wildman–Crippen LogP) is 2.53. The first-order valence-electron chi connectivity index (χ1n) is 7.40. The third-order valence-corrected chi connectivity index (χ3v) is 3.68. The number of nitrogens with one attached hydrogen (secondary N) is 1. The molecule has 0 aliphatic carbocycles. The van der Waals surface area contributed by atoms with E-state index in [9.17, 15) is 0 Å². The van der Waals surface area contributed by atoms with Crippen molar-refractivity contribution in [2.45, 2.75) is 46.6 Å². The van der Waals surface area contributed by atoms with Crippen molar-refractivity contribution in [3.8, 4) is 0 Å². The summed E-state index contributed by atoms with van der Waals surface area (Å²) in [6.45, 7) is 13.9. The lowest BCUT2D eigenvalue weighted by molar-refractivity contribution is 0.0638. The fraction of sp³-hybridized carbons (Fsp3) is 0.733. The zero-order chi connectivity index (χ0) is 14.8. The van der Waals surface area contributed by atoms with Gasteiger partial charge < -0.3 is 15.0 Å². The van der Waals surface area contributed by atoms with Gasteiger partial charge in [-0.25, -0.2) is 9.97 Å². The van der Waals surface area contributed by atoms with Crippen LogP contribution in [-0.4, -0.2) is 41.8 Å². The lowest BCUT2D eigenvalue weighted by atomic mass is 10.0. The molecule has 0 radical (unpaired) electrons. The second-order valence-electron chi connectivity index (χ2n) is 6.01. The molecule has 1 N–H and O–H groups in total. The van der Waals surface area contributed by atoms with Crippen LogP contribution in [0.3, 0.4) is 0 Å². The van der Waals surface area contributed by atoms with Crippen LogP contribution < -0.4 is 10.2 Å². The highest BCUT2D eigenvalue weighted by Gasteiger charge is 2.33. The minimum absolute atomic E-state index is 0.0359. The largest absolute Gasteiger partial charge is 0.377 e. The van der Waals surface area contributed by atoms with E-state index in [0.717, 1.165) is 55.7 Å². The Kier molecular flexibility index (Phi) is 4.48. The highest BCUT2D eigenvalue weighted by molar-refractivity contribution is 5.60. The maximum atomic E-state index is 5.60. The molecule has 0 spiro atoms. The van der Waals surface area contributed by atoms with Crippen molar-refractivity contribution >= 4 is 11.6 Å². The number of hydrogen-bond acceptors (Lipinski definition) is 5. The summed E-state index contributed by atoms with van der Waals surface area (Å²) >= 11 is 0. The second kappa shape index (κ2) is 5.95.